The maximum absolute atomic E-state index is 12.5. The van der Waals surface area contributed by atoms with E-state index < -0.39 is 11.9 Å². The van der Waals surface area contributed by atoms with Crippen LogP contribution >= 0.6 is 11.3 Å². The Bertz CT molecular complexity index is 701. The average molecular weight is 398 g/mol. The Morgan fingerprint density at radius 1 is 1.19 bits per heavy atom. The van der Waals surface area contributed by atoms with Crippen LogP contribution in [-0.2, 0) is 14.3 Å². The molecule has 1 aromatic heterocycles. The second-order valence-corrected chi connectivity index (χ2v) is 7.90. The minimum Gasteiger partial charge on any atom is -0.462 e. The molecule has 150 valence electrons. The van der Waals surface area contributed by atoms with Gasteiger partial charge in [-0.25, -0.2) is 9.59 Å². The molecule has 1 saturated heterocycles. The van der Waals surface area contributed by atoms with E-state index in [1.165, 1.54) is 11.3 Å². The van der Waals surface area contributed by atoms with Crippen molar-refractivity contribution in [1.29, 1.82) is 0 Å². The highest BCUT2D eigenvalue weighted by Crippen LogP contribution is 2.34. The molecule has 2 rings (SSSR count). The summed E-state index contributed by atoms with van der Waals surface area (Å²) in [5.41, 5.74) is 0.714. The van der Waals surface area contributed by atoms with Crippen molar-refractivity contribution in [3.63, 3.8) is 0 Å². The van der Waals surface area contributed by atoms with Gasteiger partial charge in [0.2, 0.25) is 0 Å². The van der Waals surface area contributed by atoms with Gasteiger partial charge in [-0.1, -0.05) is 6.92 Å². The van der Waals surface area contributed by atoms with Gasteiger partial charge >= 0.3 is 11.9 Å². The smallest absolute Gasteiger partial charge is 0.348 e. The van der Waals surface area contributed by atoms with E-state index in [4.69, 9.17) is 9.47 Å². The number of thiophene rings is 1. The molecular weight excluding hydrogens is 368 g/mol. The summed E-state index contributed by atoms with van der Waals surface area (Å²) in [6, 6.07) is 0. The number of piperidine rings is 1. The molecule has 0 aromatic carbocycles. The van der Waals surface area contributed by atoms with E-state index >= 15 is 0 Å². The highest BCUT2D eigenvalue weighted by molar-refractivity contribution is 7.18. The largest absolute Gasteiger partial charge is 0.462 e. The first-order valence-electron chi connectivity index (χ1n) is 9.48. The topological polar surface area (TPSA) is 86.1 Å². The SMILES string of the molecule is CCOC(=O)c1sc(NC(=O)C[NH+]2CCC[C@@H](C)C2)c(C(=O)OCC)c1C. The number of nitrogens with one attached hydrogen (secondary N) is 2. The maximum atomic E-state index is 12.5. The molecule has 8 heteroatoms. The number of esters is 2. The van der Waals surface area contributed by atoms with E-state index in [1.54, 1.807) is 20.8 Å². The van der Waals surface area contributed by atoms with Crippen LogP contribution in [-0.4, -0.2) is 50.7 Å². The van der Waals surface area contributed by atoms with Gasteiger partial charge in [-0.15, -0.1) is 11.3 Å². The van der Waals surface area contributed by atoms with Crippen LogP contribution in [0.25, 0.3) is 0 Å². The molecule has 2 atom stereocenters. The molecule has 2 heterocycles. The number of ether oxygens (including phenoxy) is 2. The summed E-state index contributed by atoms with van der Waals surface area (Å²) in [5, 5.41) is 3.17. The summed E-state index contributed by atoms with van der Waals surface area (Å²) in [6.45, 7) is 10.0. The van der Waals surface area contributed by atoms with Crippen molar-refractivity contribution in [2.75, 3.05) is 38.2 Å². The lowest BCUT2D eigenvalue weighted by atomic mass is 10.0. The zero-order chi connectivity index (χ0) is 20.0. The fourth-order valence-electron chi connectivity index (χ4n) is 3.40. The fourth-order valence-corrected chi connectivity index (χ4v) is 4.50. The van der Waals surface area contributed by atoms with E-state index in [-0.39, 0.29) is 24.7 Å². The van der Waals surface area contributed by atoms with Crippen LogP contribution in [0.3, 0.4) is 0 Å². The molecule has 0 saturated carbocycles. The number of hydrogen-bond donors (Lipinski definition) is 2. The van der Waals surface area contributed by atoms with Gasteiger partial charge in [0.1, 0.15) is 9.88 Å². The van der Waals surface area contributed by atoms with Crippen molar-refractivity contribution in [3.05, 3.63) is 16.0 Å². The van der Waals surface area contributed by atoms with Crippen LogP contribution in [0, 0.1) is 12.8 Å². The predicted molar refractivity (Wildman–Crippen MR) is 104 cm³/mol. The Morgan fingerprint density at radius 2 is 1.85 bits per heavy atom. The molecule has 0 bridgehead atoms. The highest BCUT2D eigenvalue weighted by atomic mass is 32.1. The lowest BCUT2D eigenvalue weighted by molar-refractivity contribution is -0.900. The molecule has 1 fully saturated rings. The Balaban J connectivity index is 2.20. The first-order chi connectivity index (χ1) is 12.9. The van der Waals surface area contributed by atoms with Crippen molar-refractivity contribution >= 4 is 34.2 Å². The fraction of sp³-hybridized carbons (Fsp3) is 0.632. The van der Waals surface area contributed by atoms with Crippen LogP contribution in [0.2, 0.25) is 0 Å². The van der Waals surface area contributed by atoms with Crippen LogP contribution in [0.1, 0.15) is 59.2 Å². The summed E-state index contributed by atoms with van der Waals surface area (Å²) in [7, 11) is 0. The van der Waals surface area contributed by atoms with Gasteiger partial charge in [0.15, 0.2) is 6.54 Å². The molecule has 1 amide bonds. The van der Waals surface area contributed by atoms with E-state index in [1.807, 2.05) is 0 Å². The van der Waals surface area contributed by atoms with E-state index in [0.717, 1.165) is 30.8 Å². The number of rotatable bonds is 7. The van der Waals surface area contributed by atoms with Crippen molar-refractivity contribution in [2.45, 2.75) is 40.5 Å². The molecule has 27 heavy (non-hydrogen) atoms. The molecule has 7 nitrogen and oxygen atoms in total. The first kappa shape index (κ1) is 21.4. The summed E-state index contributed by atoms with van der Waals surface area (Å²) in [4.78, 5) is 38.6. The Kier molecular flexibility index (Phi) is 7.79. The number of likely N-dealkylation sites (tertiary alicyclic amines) is 1. The van der Waals surface area contributed by atoms with Gasteiger partial charge in [-0.2, -0.15) is 0 Å². The number of carbonyl (C=O) groups excluding carboxylic acids is 3. The molecule has 1 aliphatic rings. The monoisotopic (exact) mass is 397 g/mol. The Hall–Kier alpha value is -1.93. The maximum Gasteiger partial charge on any atom is 0.348 e. The quantitative estimate of drug-likeness (QED) is 0.684. The number of anilines is 1. The van der Waals surface area contributed by atoms with Gasteiger partial charge in [0.25, 0.3) is 5.91 Å². The van der Waals surface area contributed by atoms with Gasteiger partial charge in [0.05, 0.1) is 31.9 Å². The van der Waals surface area contributed by atoms with Gasteiger partial charge in [0, 0.05) is 5.92 Å². The van der Waals surface area contributed by atoms with E-state index in [0.29, 0.717) is 27.9 Å². The minimum atomic E-state index is -0.545. The van der Waals surface area contributed by atoms with Crippen molar-refractivity contribution in [1.82, 2.24) is 0 Å². The lowest BCUT2D eigenvalue weighted by Crippen LogP contribution is -3.14. The van der Waals surface area contributed by atoms with Crippen molar-refractivity contribution in [2.24, 2.45) is 5.92 Å². The van der Waals surface area contributed by atoms with Gasteiger partial charge in [-0.3, -0.25) is 4.79 Å². The third kappa shape index (κ3) is 5.52. The molecular formula is C19H29N2O5S+. The van der Waals surface area contributed by atoms with E-state index in [9.17, 15) is 14.4 Å². The van der Waals surface area contributed by atoms with Gasteiger partial charge < -0.3 is 19.7 Å². The molecule has 0 aliphatic carbocycles. The Morgan fingerprint density at radius 3 is 2.48 bits per heavy atom. The Labute approximate surface area is 164 Å². The zero-order valence-corrected chi connectivity index (χ0v) is 17.3. The third-order valence-corrected chi connectivity index (χ3v) is 5.80. The second kappa shape index (κ2) is 9.85. The van der Waals surface area contributed by atoms with Crippen LogP contribution in [0.15, 0.2) is 0 Å². The van der Waals surface area contributed by atoms with Crippen molar-refractivity contribution in [3.8, 4) is 0 Å². The van der Waals surface area contributed by atoms with Crippen molar-refractivity contribution < 1.29 is 28.8 Å². The summed E-state index contributed by atoms with van der Waals surface area (Å²) < 4.78 is 10.2. The first-order valence-corrected chi connectivity index (χ1v) is 10.3. The molecule has 2 N–H and O–H groups in total. The lowest BCUT2D eigenvalue weighted by Gasteiger charge is -2.27. The predicted octanol–water partition coefficient (Wildman–Crippen LogP) is 1.66. The second-order valence-electron chi connectivity index (χ2n) is 6.88. The van der Waals surface area contributed by atoms with Crippen LogP contribution < -0.4 is 10.2 Å². The standard InChI is InChI=1S/C19H28N2O5S/c1-5-25-18(23)15-13(4)16(19(24)26-6-2)27-17(15)20-14(22)11-21-9-7-8-12(3)10-21/h12H,5-11H2,1-4H3,(H,20,22)/p+1/t12-/m1/s1. The number of carbonyl (C=O) groups is 3. The number of quaternary nitrogens is 1. The molecule has 1 unspecified atom stereocenters. The normalized spacial score (nSPS) is 19.4. The zero-order valence-electron chi connectivity index (χ0n) is 16.5. The molecule has 1 aliphatic heterocycles. The average Bonchev–Trinajstić information content (AvgIpc) is 2.91. The number of hydrogen-bond acceptors (Lipinski definition) is 6. The van der Waals surface area contributed by atoms with E-state index in [2.05, 4.69) is 12.2 Å². The summed E-state index contributed by atoms with van der Waals surface area (Å²) in [6.07, 6.45) is 2.31. The number of amides is 1. The summed E-state index contributed by atoms with van der Waals surface area (Å²) >= 11 is 1.06. The van der Waals surface area contributed by atoms with Crippen LogP contribution in [0.4, 0.5) is 5.00 Å². The minimum absolute atomic E-state index is 0.165. The molecule has 0 spiro atoms. The molecule has 1 aromatic rings. The van der Waals surface area contributed by atoms with Gasteiger partial charge in [-0.05, 0) is 39.2 Å². The third-order valence-electron chi connectivity index (χ3n) is 4.62. The molecule has 0 radical (unpaired) electrons. The summed E-state index contributed by atoms with van der Waals surface area (Å²) in [5.74, 6) is -0.602. The highest BCUT2D eigenvalue weighted by Gasteiger charge is 2.28. The van der Waals surface area contributed by atoms with Crippen LogP contribution in [0.5, 0.6) is 0 Å².